The predicted octanol–water partition coefficient (Wildman–Crippen LogP) is 4.05. The molecule has 0 aliphatic rings. The topological polar surface area (TPSA) is 50.7 Å². The van der Waals surface area contributed by atoms with Gasteiger partial charge in [-0.25, -0.2) is 4.79 Å². The molecule has 0 saturated heterocycles. The molecule has 0 fully saturated rings. The predicted molar refractivity (Wildman–Crippen MR) is 88.0 cm³/mol. The Labute approximate surface area is 126 Å². The fraction of sp³-hybridized carbons (Fsp3) is 0.412. The number of rotatable bonds is 4. The van der Waals surface area contributed by atoms with Crippen LogP contribution in [0.2, 0.25) is 0 Å². The summed E-state index contributed by atoms with van der Waals surface area (Å²) >= 11 is 0. The second-order valence-corrected chi connectivity index (χ2v) is 5.83. The van der Waals surface area contributed by atoms with Crippen molar-refractivity contribution in [1.82, 2.24) is 0 Å². The number of anilines is 1. The van der Waals surface area contributed by atoms with Gasteiger partial charge in [0, 0.05) is 5.69 Å². The minimum absolute atomic E-state index is 0.188. The average molecular weight is 288 g/mol. The number of nitrogens with zero attached hydrogens (tertiary/aromatic N) is 1. The van der Waals surface area contributed by atoms with Crippen molar-refractivity contribution in [3.8, 4) is 0 Å². The standard InChI is InChI=1S/C17H24N2O2/c1-7-21-16(20)13-8-10-14(11-9-13)18-15(12(2)3)19-17(4,5)6/h8-11H,2,7H2,1,3-6H3,(H,18,19). The van der Waals surface area contributed by atoms with E-state index in [4.69, 9.17) is 4.74 Å². The number of carbonyl (C=O) groups excluding carboxylic acids is 1. The van der Waals surface area contributed by atoms with Crippen molar-refractivity contribution in [1.29, 1.82) is 0 Å². The van der Waals surface area contributed by atoms with E-state index in [9.17, 15) is 4.79 Å². The molecule has 0 bridgehead atoms. The summed E-state index contributed by atoms with van der Waals surface area (Å²) in [6.45, 7) is 14.1. The van der Waals surface area contributed by atoms with Gasteiger partial charge in [-0.3, -0.25) is 4.99 Å². The molecule has 0 aliphatic heterocycles. The van der Waals surface area contributed by atoms with Crippen molar-refractivity contribution in [3.05, 3.63) is 42.0 Å². The maximum atomic E-state index is 11.6. The molecule has 0 aromatic heterocycles. The zero-order valence-electron chi connectivity index (χ0n) is 13.5. The molecule has 0 heterocycles. The Balaban J connectivity index is 2.89. The maximum Gasteiger partial charge on any atom is 0.338 e. The second-order valence-electron chi connectivity index (χ2n) is 5.83. The third-order valence-corrected chi connectivity index (χ3v) is 2.51. The number of hydrogen-bond acceptors (Lipinski definition) is 3. The van der Waals surface area contributed by atoms with Crippen LogP contribution in [0.15, 0.2) is 41.4 Å². The lowest BCUT2D eigenvalue weighted by Crippen LogP contribution is -2.20. The quantitative estimate of drug-likeness (QED) is 0.516. The van der Waals surface area contributed by atoms with Gasteiger partial charge in [0.25, 0.3) is 0 Å². The first-order valence-corrected chi connectivity index (χ1v) is 7.03. The molecule has 0 radical (unpaired) electrons. The van der Waals surface area contributed by atoms with E-state index >= 15 is 0 Å². The molecule has 4 nitrogen and oxygen atoms in total. The van der Waals surface area contributed by atoms with Crippen molar-refractivity contribution in [2.24, 2.45) is 4.99 Å². The Bertz CT molecular complexity index is 537. The van der Waals surface area contributed by atoms with Crippen LogP contribution >= 0.6 is 0 Å². The molecular formula is C17H24N2O2. The minimum Gasteiger partial charge on any atom is -0.462 e. The number of aliphatic imine (C=N–C) groups is 1. The molecule has 4 heteroatoms. The summed E-state index contributed by atoms with van der Waals surface area (Å²) in [5.74, 6) is 0.430. The van der Waals surface area contributed by atoms with Crippen molar-refractivity contribution >= 4 is 17.5 Å². The number of amidine groups is 1. The first-order chi connectivity index (χ1) is 9.73. The van der Waals surface area contributed by atoms with Gasteiger partial charge in [0.2, 0.25) is 0 Å². The lowest BCUT2D eigenvalue weighted by molar-refractivity contribution is 0.0526. The van der Waals surface area contributed by atoms with Gasteiger partial charge in [-0.15, -0.1) is 0 Å². The van der Waals surface area contributed by atoms with Crippen molar-refractivity contribution in [3.63, 3.8) is 0 Å². The van der Waals surface area contributed by atoms with Crippen molar-refractivity contribution in [2.75, 3.05) is 11.9 Å². The summed E-state index contributed by atoms with van der Waals surface area (Å²) in [6.07, 6.45) is 0. The Morgan fingerprint density at radius 2 is 1.86 bits per heavy atom. The summed E-state index contributed by atoms with van der Waals surface area (Å²) < 4.78 is 4.96. The van der Waals surface area contributed by atoms with Crippen LogP contribution in [0.3, 0.4) is 0 Å². The summed E-state index contributed by atoms with van der Waals surface area (Å²) in [5, 5.41) is 3.23. The first kappa shape index (κ1) is 17.0. The first-order valence-electron chi connectivity index (χ1n) is 7.03. The van der Waals surface area contributed by atoms with Gasteiger partial charge in [0.1, 0.15) is 5.84 Å². The van der Waals surface area contributed by atoms with E-state index in [-0.39, 0.29) is 11.5 Å². The Kier molecular flexibility index (Phi) is 5.70. The molecule has 114 valence electrons. The van der Waals surface area contributed by atoms with Crippen LogP contribution in [0.25, 0.3) is 0 Å². The Morgan fingerprint density at radius 3 is 2.29 bits per heavy atom. The van der Waals surface area contributed by atoms with Gasteiger partial charge >= 0.3 is 5.97 Å². The lowest BCUT2D eigenvalue weighted by atomic mass is 10.1. The molecule has 1 N–H and O–H groups in total. The van der Waals surface area contributed by atoms with Crippen LogP contribution in [-0.2, 0) is 4.74 Å². The third-order valence-electron chi connectivity index (χ3n) is 2.51. The van der Waals surface area contributed by atoms with Crippen LogP contribution < -0.4 is 5.32 Å². The third kappa shape index (κ3) is 5.81. The summed E-state index contributed by atoms with van der Waals surface area (Å²) in [5.41, 5.74) is 2.06. The largest absolute Gasteiger partial charge is 0.462 e. The van der Waals surface area contributed by atoms with E-state index in [1.807, 2.05) is 39.8 Å². The zero-order chi connectivity index (χ0) is 16.0. The van der Waals surface area contributed by atoms with Gasteiger partial charge in [0.05, 0.1) is 17.7 Å². The van der Waals surface area contributed by atoms with E-state index < -0.39 is 0 Å². The molecule has 0 unspecified atom stereocenters. The molecule has 0 spiro atoms. The summed E-state index contributed by atoms with van der Waals surface area (Å²) in [4.78, 5) is 16.2. The monoisotopic (exact) mass is 288 g/mol. The van der Waals surface area contributed by atoms with Gasteiger partial charge in [-0.05, 0) is 64.5 Å². The number of esters is 1. The van der Waals surface area contributed by atoms with E-state index in [0.717, 1.165) is 17.1 Å². The molecule has 21 heavy (non-hydrogen) atoms. The SMILES string of the molecule is C=C(C)C(=NC(C)(C)C)Nc1ccc(C(=O)OCC)cc1. The second kappa shape index (κ2) is 7.07. The fourth-order valence-corrected chi connectivity index (χ4v) is 1.61. The van der Waals surface area contributed by atoms with Crippen LogP contribution in [0.4, 0.5) is 5.69 Å². The Morgan fingerprint density at radius 1 is 1.29 bits per heavy atom. The van der Waals surface area contributed by atoms with Gasteiger partial charge in [0.15, 0.2) is 0 Å². The molecular weight excluding hydrogens is 264 g/mol. The number of benzene rings is 1. The molecule has 0 amide bonds. The highest BCUT2D eigenvalue weighted by atomic mass is 16.5. The normalized spacial score (nSPS) is 12.0. The summed E-state index contributed by atoms with van der Waals surface area (Å²) in [7, 11) is 0. The highest BCUT2D eigenvalue weighted by Crippen LogP contribution is 2.15. The summed E-state index contributed by atoms with van der Waals surface area (Å²) in [6, 6.07) is 7.11. The van der Waals surface area contributed by atoms with Gasteiger partial charge in [-0.2, -0.15) is 0 Å². The van der Waals surface area contributed by atoms with E-state index in [2.05, 4.69) is 16.9 Å². The number of nitrogens with one attached hydrogen (secondary N) is 1. The van der Waals surface area contributed by atoms with Crippen molar-refractivity contribution in [2.45, 2.75) is 40.2 Å². The molecule has 0 atom stereocenters. The van der Waals surface area contributed by atoms with Crippen LogP contribution in [0, 0.1) is 0 Å². The number of hydrogen-bond donors (Lipinski definition) is 1. The van der Waals surface area contributed by atoms with E-state index in [1.165, 1.54) is 0 Å². The van der Waals surface area contributed by atoms with Crippen LogP contribution in [-0.4, -0.2) is 24.0 Å². The maximum absolute atomic E-state index is 11.6. The molecule has 1 rings (SSSR count). The average Bonchev–Trinajstić information content (AvgIpc) is 2.37. The molecule has 0 saturated carbocycles. The van der Waals surface area contributed by atoms with Crippen LogP contribution in [0.5, 0.6) is 0 Å². The number of carbonyl (C=O) groups is 1. The lowest BCUT2D eigenvalue weighted by Gasteiger charge is -2.17. The Hall–Kier alpha value is -2.10. The van der Waals surface area contributed by atoms with Gasteiger partial charge in [-0.1, -0.05) is 6.58 Å². The highest BCUT2D eigenvalue weighted by Gasteiger charge is 2.11. The molecule has 1 aromatic carbocycles. The van der Waals surface area contributed by atoms with Crippen LogP contribution in [0.1, 0.15) is 45.0 Å². The fourth-order valence-electron chi connectivity index (χ4n) is 1.61. The minimum atomic E-state index is -0.312. The van der Waals surface area contributed by atoms with E-state index in [1.54, 1.807) is 19.1 Å². The smallest absolute Gasteiger partial charge is 0.338 e. The highest BCUT2D eigenvalue weighted by molar-refractivity contribution is 6.07. The van der Waals surface area contributed by atoms with E-state index in [0.29, 0.717) is 12.2 Å². The van der Waals surface area contributed by atoms with Crippen molar-refractivity contribution < 1.29 is 9.53 Å². The van der Waals surface area contributed by atoms with Gasteiger partial charge < -0.3 is 10.1 Å². The number of ether oxygens (including phenoxy) is 1. The molecule has 0 aliphatic carbocycles. The zero-order valence-corrected chi connectivity index (χ0v) is 13.5. The molecule has 1 aromatic rings.